The summed E-state index contributed by atoms with van der Waals surface area (Å²) in [5, 5.41) is 5.43. The van der Waals surface area contributed by atoms with Crippen molar-refractivity contribution in [2.75, 3.05) is 18.4 Å². The number of hydrogen-bond acceptors (Lipinski definition) is 5. The molecule has 1 saturated heterocycles. The summed E-state index contributed by atoms with van der Waals surface area (Å²) < 4.78 is 0. The molecule has 1 aromatic heterocycles. The Labute approximate surface area is 167 Å². The van der Waals surface area contributed by atoms with Crippen molar-refractivity contribution in [1.82, 2.24) is 9.88 Å². The Bertz CT molecular complexity index is 791. The molecule has 2 amide bonds. The number of nitrogens with zero attached hydrogens (tertiary/aromatic N) is 2. The van der Waals surface area contributed by atoms with Crippen LogP contribution in [0.3, 0.4) is 0 Å². The Morgan fingerprint density at radius 3 is 2.62 bits per heavy atom. The van der Waals surface area contributed by atoms with Gasteiger partial charge in [0, 0.05) is 30.7 Å². The number of aromatic nitrogens is 1. The van der Waals surface area contributed by atoms with Crippen LogP contribution in [0, 0.1) is 0 Å². The molecule has 9 heteroatoms. The zero-order chi connectivity index (χ0) is 17.8. The van der Waals surface area contributed by atoms with E-state index >= 15 is 0 Å². The van der Waals surface area contributed by atoms with Crippen LogP contribution >= 0.6 is 35.3 Å². The minimum absolute atomic E-state index is 0. The van der Waals surface area contributed by atoms with Gasteiger partial charge < -0.3 is 16.0 Å². The number of anilines is 1. The molecule has 0 saturated carbocycles. The molecule has 0 spiro atoms. The molecular weight excluding hydrogens is 395 g/mol. The second-order valence-electron chi connectivity index (χ2n) is 5.83. The topological polar surface area (TPSA) is 88.3 Å². The maximum absolute atomic E-state index is 12.5. The third kappa shape index (κ3) is 4.73. The van der Waals surface area contributed by atoms with Gasteiger partial charge in [-0.15, -0.1) is 23.7 Å². The highest BCUT2D eigenvalue weighted by atomic mass is 35.5. The van der Waals surface area contributed by atoms with Crippen LogP contribution in [0.15, 0.2) is 23.6 Å². The van der Waals surface area contributed by atoms with Gasteiger partial charge in [0.15, 0.2) is 0 Å². The van der Waals surface area contributed by atoms with Gasteiger partial charge in [-0.25, -0.2) is 4.98 Å². The fourth-order valence-corrected chi connectivity index (χ4v) is 3.65. The summed E-state index contributed by atoms with van der Waals surface area (Å²) in [6.07, 6.45) is 3.21. The van der Waals surface area contributed by atoms with Gasteiger partial charge in [0.2, 0.25) is 0 Å². The molecule has 2 heterocycles. The van der Waals surface area contributed by atoms with Gasteiger partial charge in [0.1, 0.15) is 10.7 Å². The predicted octanol–water partition coefficient (Wildman–Crippen LogP) is 3.56. The number of halogens is 2. The number of carbonyl (C=O) groups excluding carboxylic acids is 2. The lowest BCUT2D eigenvalue weighted by molar-refractivity contribution is 0.0724. The van der Waals surface area contributed by atoms with Crippen molar-refractivity contribution in [2.24, 2.45) is 5.73 Å². The van der Waals surface area contributed by atoms with E-state index in [1.807, 2.05) is 4.90 Å². The molecule has 2 aromatic rings. The predicted molar refractivity (Wildman–Crippen MR) is 106 cm³/mol. The molecule has 6 nitrogen and oxygen atoms in total. The molecule has 1 aliphatic heterocycles. The van der Waals surface area contributed by atoms with E-state index in [-0.39, 0.29) is 24.2 Å². The lowest BCUT2D eigenvalue weighted by Crippen LogP contribution is -2.35. The largest absolute Gasteiger partial charge is 0.339 e. The molecule has 0 aliphatic carbocycles. The fraction of sp³-hybridized carbons (Fsp3) is 0.353. The van der Waals surface area contributed by atoms with Crippen LogP contribution in [0.4, 0.5) is 5.69 Å². The molecule has 140 valence electrons. The van der Waals surface area contributed by atoms with Crippen molar-refractivity contribution < 1.29 is 9.59 Å². The van der Waals surface area contributed by atoms with Gasteiger partial charge in [-0.2, -0.15) is 0 Å². The summed E-state index contributed by atoms with van der Waals surface area (Å²) in [6, 6.07) is 4.92. The molecule has 3 rings (SSSR count). The normalized spacial score (nSPS) is 13.8. The van der Waals surface area contributed by atoms with Gasteiger partial charge in [-0.1, -0.05) is 11.6 Å². The van der Waals surface area contributed by atoms with Crippen LogP contribution in [-0.4, -0.2) is 34.8 Å². The summed E-state index contributed by atoms with van der Waals surface area (Å²) >= 11 is 7.61. The number of piperidine rings is 1. The van der Waals surface area contributed by atoms with Gasteiger partial charge in [-0.3, -0.25) is 9.59 Å². The summed E-state index contributed by atoms with van der Waals surface area (Å²) in [4.78, 5) is 30.7. The number of thiazole rings is 1. The van der Waals surface area contributed by atoms with Crippen LogP contribution in [0.25, 0.3) is 0 Å². The lowest BCUT2D eigenvalue weighted by atomic mass is 10.1. The first-order chi connectivity index (χ1) is 12.1. The standard InChI is InChI=1S/C17H19ClN4O2S.ClH/c18-13-8-11(20-16(23)14-10-25-15(9-19)21-14)4-5-12(13)17(24)22-6-2-1-3-7-22;/h4-5,8,10H,1-3,6-7,9,19H2,(H,20,23);1H. The van der Waals surface area contributed by atoms with Gasteiger partial charge >= 0.3 is 0 Å². The lowest BCUT2D eigenvalue weighted by Gasteiger charge is -2.27. The van der Waals surface area contributed by atoms with Crippen molar-refractivity contribution in [2.45, 2.75) is 25.8 Å². The SMILES string of the molecule is Cl.NCc1nc(C(=O)Nc2ccc(C(=O)N3CCCCC3)c(Cl)c2)cs1. The number of rotatable bonds is 4. The summed E-state index contributed by atoms with van der Waals surface area (Å²) in [7, 11) is 0. The van der Waals surface area contributed by atoms with Gasteiger partial charge in [-0.05, 0) is 37.5 Å². The van der Waals surface area contributed by atoms with Crippen LogP contribution in [0.1, 0.15) is 45.1 Å². The van der Waals surface area contributed by atoms with E-state index in [9.17, 15) is 9.59 Å². The Morgan fingerprint density at radius 2 is 2.00 bits per heavy atom. The minimum Gasteiger partial charge on any atom is -0.339 e. The highest BCUT2D eigenvalue weighted by Crippen LogP contribution is 2.24. The van der Waals surface area contributed by atoms with E-state index in [1.54, 1.807) is 23.6 Å². The average Bonchev–Trinajstić information content (AvgIpc) is 3.11. The smallest absolute Gasteiger partial charge is 0.275 e. The summed E-state index contributed by atoms with van der Waals surface area (Å²) in [5.74, 6) is -0.392. The van der Waals surface area contributed by atoms with E-state index in [2.05, 4.69) is 10.3 Å². The second-order valence-corrected chi connectivity index (χ2v) is 7.18. The number of likely N-dealkylation sites (tertiary alicyclic amines) is 1. The Balaban J connectivity index is 0.00000243. The number of benzene rings is 1. The van der Waals surface area contributed by atoms with E-state index in [1.165, 1.54) is 11.3 Å². The van der Waals surface area contributed by atoms with E-state index in [0.29, 0.717) is 33.5 Å². The van der Waals surface area contributed by atoms with Crippen molar-refractivity contribution in [1.29, 1.82) is 0 Å². The molecule has 0 atom stereocenters. The molecule has 1 aromatic carbocycles. The van der Waals surface area contributed by atoms with E-state index in [0.717, 1.165) is 32.4 Å². The molecular formula is C17H20Cl2N4O2S. The van der Waals surface area contributed by atoms with Crippen LogP contribution in [0.2, 0.25) is 5.02 Å². The summed E-state index contributed by atoms with van der Waals surface area (Å²) in [6.45, 7) is 1.83. The average molecular weight is 415 g/mol. The third-order valence-corrected chi connectivity index (χ3v) is 5.24. The van der Waals surface area contributed by atoms with Crippen molar-refractivity contribution in [3.8, 4) is 0 Å². The first-order valence-electron chi connectivity index (χ1n) is 8.13. The third-order valence-electron chi connectivity index (χ3n) is 4.06. The van der Waals surface area contributed by atoms with Crippen molar-refractivity contribution >= 4 is 52.8 Å². The second kappa shape index (κ2) is 9.32. The monoisotopic (exact) mass is 414 g/mol. The highest BCUT2D eigenvalue weighted by Gasteiger charge is 2.21. The van der Waals surface area contributed by atoms with Crippen LogP contribution < -0.4 is 11.1 Å². The molecule has 0 unspecified atom stereocenters. The Hall–Kier alpha value is -1.67. The van der Waals surface area contributed by atoms with Gasteiger partial charge in [0.05, 0.1) is 10.6 Å². The molecule has 26 heavy (non-hydrogen) atoms. The van der Waals surface area contributed by atoms with Gasteiger partial charge in [0.25, 0.3) is 11.8 Å². The number of amides is 2. The first-order valence-corrected chi connectivity index (χ1v) is 9.39. The molecule has 0 bridgehead atoms. The van der Waals surface area contributed by atoms with E-state index in [4.69, 9.17) is 17.3 Å². The highest BCUT2D eigenvalue weighted by molar-refractivity contribution is 7.09. The Kier molecular flexibility index (Phi) is 7.40. The minimum atomic E-state index is -0.331. The molecule has 1 fully saturated rings. The van der Waals surface area contributed by atoms with Crippen molar-refractivity contribution in [3.05, 3.63) is 44.9 Å². The Morgan fingerprint density at radius 1 is 1.27 bits per heavy atom. The van der Waals surface area contributed by atoms with E-state index < -0.39 is 0 Å². The quantitative estimate of drug-likeness (QED) is 0.800. The number of hydrogen-bond donors (Lipinski definition) is 2. The van der Waals surface area contributed by atoms with Crippen LogP contribution in [-0.2, 0) is 6.54 Å². The molecule has 0 radical (unpaired) electrons. The number of carbonyl (C=O) groups is 2. The van der Waals surface area contributed by atoms with Crippen molar-refractivity contribution in [3.63, 3.8) is 0 Å². The number of nitrogens with one attached hydrogen (secondary N) is 1. The summed E-state index contributed by atoms with van der Waals surface area (Å²) in [5.41, 5.74) is 6.80. The molecule has 1 aliphatic rings. The maximum Gasteiger partial charge on any atom is 0.275 e. The zero-order valence-electron chi connectivity index (χ0n) is 14.0. The zero-order valence-corrected chi connectivity index (χ0v) is 16.4. The van der Waals surface area contributed by atoms with Crippen LogP contribution in [0.5, 0.6) is 0 Å². The first kappa shape index (κ1) is 20.6. The number of nitrogens with two attached hydrogens (primary N) is 1. The molecule has 3 N–H and O–H groups in total. The maximum atomic E-state index is 12.5. The fourth-order valence-electron chi connectivity index (χ4n) is 2.74.